The van der Waals surface area contributed by atoms with Crippen LogP contribution in [0.5, 0.6) is 0 Å². The molecule has 1 aromatic heterocycles. The SMILES string of the molecule is Cc1cccnc1C#CCCNC(=O)OCC1c2ccccc2-c2ccccc21. The number of carbonyl (C=O) groups is 1. The van der Waals surface area contributed by atoms with Crippen molar-refractivity contribution in [3.05, 3.63) is 89.2 Å². The standard InChI is InChI=1S/C25H22N2O2/c1-18-9-8-16-26-24(18)14-6-7-15-27-25(28)29-17-23-21-12-4-2-10-19(21)20-11-3-5-13-22(20)23/h2-5,8-13,16,23H,7,15,17H2,1H3,(H,27,28). The minimum atomic E-state index is -0.414. The molecule has 0 radical (unpaired) electrons. The highest BCUT2D eigenvalue weighted by molar-refractivity contribution is 5.79. The maximum absolute atomic E-state index is 12.1. The lowest BCUT2D eigenvalue weighted by atomic mass is 9.98. The molecule has 144 valence electrons. The minimum absolute atomic E-state index is 0.0695. The number of ether oxygens (including phenoxy) is 1. The van der Waals surface area contributed by atoms with Gasteiger partial charge in [-0.2, -0.15) is 0 Å². The summed E-state index contributed by atoms with van der Waals surface area (Å²) in [5.74, 6) is 6.14. The molecule has 1 aliphatic rings. The zero-order chi connectivity index (χ0) is 20.1. The zero-order valence-electron chi connectivity index (χ0n) is 16.3. The number of nitrogens with zero attached hydrogens (tertiary/aromatic N) is 1. The molecule has 1 N–H and O–H groups in total. The van der Waals surface area contributed by atoms with Gasteiger partial charge in [0.05, 0.1) is 0 Å². The first kappa shape index (κ1) is 18.8. The Bertz CT molecular complexity index is 1050. The number of aromatic nitrogens is 1. The number of aryl methyl sites for hydroxylation is 1. The van der Waals surface area contributed by atoms with E-state index in [1.807, 2.05) is 43.3 Å². The molecular weight excluding hydrogens is 360 g/mol. The van der Waals surface area contributed by atoms with Gasteiger partial charge in [0.2, 0.25) is 0 Å². The van der Waals surface area contributed by atoms with Gasteiger partial charge in [0.1, 0.15) is 12.3 Å². The number of nitrogens with one attached hydrogen (secondary N) is 1. The van der Waals surface area contributed by atoms with E-state index in [4.69, 9.17) is 4.74 Å². The summed E-state index contributed by atoms with van der Waals surface area (Å²) in [6.07, 6.45) is 1.86. The summed E-state index contributed by atoms with van der Waals surface area (Å²) in [6.45, 7) is 2.74. The molecule has 4 nitrogen and oxygen atoms in total. The highest BCUT2D eigenvalue weighted by atomic mass is 16.5. The summed E-state index contributed by atoms with van der Waals surface area (Å²) in [4.78, 5) is 16.4. The van der Waals surface area contributed by atoms with Crippen LogP contribution in [0.3, 0.4) is 0 Å². The maximum atomic E-state index is 12.1. The molecule has 29 heavy (non-hydrogen) atoms. The normalized spacial score (nSPS) is 11.8. The molecule has 0 saturated heterocycles. The quantitative estimate of drug-likeness (QED) is 0.527. The van der Waals surface area contributed by atoms with Crippen LogP contribution in [0.1, 0.15) is 34.7 Å². The fourth-order valence-electron chi connectivity index (χ4n) is 3.64. The molecule has 0 bridgehead atoms. The molecule has 1 amide bonds. The Balaban J connectivity index is 1.30. The number of benzene rings is 2. The third kappa shape index (κ3) is 4.14. The molecule has 3 aromatic rings. The molecule has 0 spiro atoms. The van der Waals surface area contributed by atoms with Crippen molar-refractivity contribution in [2.75, 3.05) is 13.2 Å². The van der Waals surface area contributed by atoms with Crippen LogP contribution in [0, 0.1) is 18.8 Å². The van der Waals surface area contributed by atoms with Crippen molar-refractivity contribution >= 4 is 6.09 Å². The van der Waals surface area contributed by atoms with Gasteiger partial charge in [0.25, 0.3) is 0 Å². The lowest BCUT2D eigenvalue weighted by Gasteiger charge is -2.14. The Morgan fingerprint density at radius 2 is 1.72 bits per heavy atom. The van der Waals surface area contributed by atoms with Crippen LogP contribution in [-0.4, -0.2) is 24.2 Å². The number of hydrogen-bond acceptors (Lipinski definition) is 3. The van der Waals surface area contributed by atoms with Crippen LogP contribution >= 0.6 is 0 Å². The molecule has 0 fully saturated rings. The van der Waals surface area contributed by atoms with Crippen molar-refractivity contribution < 1.29 is 9.53 Å². The van der Waals surface area contributed by atoms with Crippen molar-refractivity contribution in [3.63, 3.8) is 0 Å². The van der Waals surface area contributed by atoms with Crippen molar-refractivity contribution in [1.29, 1.82) is 0 Å². The predicted molar refractivity (Wildman–Crippen MR) is 114 cm³/mol. The summed E-state index contributed by atoms with van der Waals surface area (Å²) in [6, 6.07) is 20.5. The van der Waals surface area contributed by atoms with Gasteiger partial charge in [-0.15, -0.1) is 0 Å². The number of carbonyl (C=O) groups excluding carboxylic acids is 1. The van der Waals surface area contributed by atoms with E-state index in [1.165, 1.54) is 22.3 Å². The van der Waals surface area contributed by atoms with E-state index in [2.05, 4.69) is 46.4 Å². The second-order valence-electron chi connectivity index (χ2n) is 6.97. The minimum Gasteiger partial charge on any atom is -0.449 e. The van der Waals surface area contributed by atoms with Gasteiger partial charge < -0.3 is 10.1 Å². The molecule has 1 heterocycles. The molecule has 0 saturated carbocycles. The Morgan fingerprint density at radius 3 is 2.41 bits per heavy atom. The van der Waals surface area contributed by atoms with Gasteiger partial charge in [-0.05, 0) is 46.7 Å². The van der Waals surface area contributed by atoms with Crippen molar-refractivity contribution in [2.45, 2.75) is 19.3 Å². The summed E-state index contributed by atoms with van der Waals surface area (Å²) < 4.78 is 5.51. The van der Waals surface area contributed by atoms with Crippen molar-refractivity contribution in [2.24, 2.45) is 0 Å². The Labute approximate surface area is 171 Å². The van der Waals surface area contributed by atoms with E-state index in [9.17, 15) is 4.79 Å². The average Bonchev–Trinajstić information content (AvgIpc) is 3.07. The predicted octanol–water partition coefficient (Wildman–Crippen LogP) is 4.67. The zero-order valence-corrected chi connectivity index (χ0v) is 16.3. The van der Waals surface area contributed by atoms with Crippen molar-refractivity contribution in [1.82, 2.24) is 10.3 Å². The smallest absolute Gasteiger partial charge is 0.407 e. The van der Waals surface area contributed by atoms with E-state index in [-0.39, 0.29) is 5.92 Å². The molecule has 4 rings (SSSR count). The first-order valence-corrected chi connectivity index (χ1v) is 9.73. The fraction of sp³-hybridized carbons (Fsp3) is 0.200. The largest absolute Gasteiger partial charge is 0.449 e. The monoisotopic (exact) mass is 382 g/mol. The first-order valence-electron chi connectivity index (χ1n) is 9.73. The highest BCUT2D eigenvalue weighted by Crippen LogP contribution is 2.44. The second-order valence-corrected chi connectivity index (χ2v) is 6.97. The third-order valence-corrected chi connectivity index (χ3v) is 5.08. The lowest BCUT2D eigenvalue weighted by Crippen LogP contribution is -2.26. The first-order chi connectivity index (χ1) is 14.2. The maximum Gasteiger partial charge on any atom is 0.407 e. The van der Waals surface area contributed by atoms with E-state index < -0.39 is 6.09 Å². The van der Waals surface area contributed by atoms with E-state index in [0.29, 0.717) is 19.6 Å². The Morgan fingerprint density at radius 1 is 1.03 bits per heavy atom. The summed E-state index contributed by atoms with van der Waals surface area (Å²) in [5.41, 5.74) is 6.67. The van der Waals surface area contributed by atoms with Crippen LogP contribution in [0.15, 0.2) is 66.9 Å². The summed E-state index contributed by atoms with van der Waals surface area (Å²) >= 11 is 0. The van der Waals surface area contributed by atoms with Gasteiger partial charge in [0, 0.05) is 25.1 Å². The fourth-order valence-corrected chi connectivity index (χ4v) is 3.64. The average molecular weight is 382 g/mol. The topological polar surface area (TPSA) is 51.2 Å². The number of pyridine rings is 1. The van der Waals surface area contributed by atoms with Gasteiger partial charge in [-0.25, -0.2) is 9.78 Å². The number of rotatable bonds is 4. The number of fused-ring (bicyclic) bond motifs is 3. The van der Waals surface area contributed by atoms with Crippen LogP contribution in [0.4, 0.5) is 4.79 Å². The molecule has 2 aromatic carbocycles. The van der Waals surface area contributed by atoms with E-state index >= 15 is 0 Å². The van der Waals surface area contributed by atoms with Gasteiger partial charge in [0.15, 0.2) is 0 Å². The molecular formula is C25H22N2O2. The van der Waals surface area contributed by atoms with Crippen LogP contribution in [0.2, 0.25) is 0 Å². The number of hydrogen-bond donors (Lipinski definition) is 1. The van der Waals surface area contributed by atoms with Gasteiger partial charge in [-0.3, -0.25) is 0 Å². The third-order valence-electron chi connectivity index (χ3n) is 5.08. The van der Waals surface area contributed by atoms with Crippen LogP contribution in [-0.2, 0) is 4.74 Å². The van der Waals surface area contributed by atoms with Gasteiger partial charge in [-0.1, -0.05) is 60.5 Å². The molecule has 4 heteroatoms. The van der Waals surface area contributed by atoms with E-state index in [1.54, 1.807) is 6.20 Å². The molecule has 0 aliphatic heterocycles. The highest BCUT2D eigenvalue weighted by Gasteiger charge is 2.28. The molecule has 0 atom stereocenters. The number of alkyl carbamates (subject to hydrolysis) is 1. The number of amides is 1. The second kappa shape index (κ2) is 8.62. The van der Waals surface area contributed by atoms with Crippen LogP contribution < -0.4 is 5.32 Å². The van der Waals surface area contributed by atoms with E-state index in [0.717, 1.165) is 11.3 Å². The molecule has 0 unspecified atom stereocenters. The summed E-state index contributed by atoms with van der Waals surface area (Å²) in [5, 5.41) is 2.77. The Kier molecular flexibility index (Phi) is 5.58. The van der Waals surface area contributed by atoms with Crippen molar-refractivity contribution in [3.8, 4) is 23.0 Å². The van der Waals surface area contributed by atoms with Gasteiger partial charge >= 0.3 is 6.09 Å². The summed E-state index contributed by atoms with van der Waals surface area (Å²) in [7, 11) is 0. The Hall–Kier alpha value is -3.58. The lowest BCUT2D eigenvalue weighted by molar-refractivity contribution is 0.143. The molecule has 1 aliphatic carbocycles. The van der Waals surface area contributed by atoms with Crippen LogP contribution in [0.25, 0.3) is 11.1 Å².